The molecule has 0 fully saturated rings. The maximum atomic E-state index is 5.43. The minimum Gasteiger partial charge on any atom is -0.496 e. The van der Waals surface area contributed by atoms with Gasteiger partial charge in [0.05, 0.1) is 12.8 Å². The van der Waals surface area contributed by atoms with Gasteiger partial charge in [-0.1, -0.05) is 19.1 Å². The van der Waals surface area contributed by atoms with Crippen LogP contribution in [0.4, 0.5) is 0 Å². The first-order chi connectivity index (χ1) is 8.27. The van der Waals surface area contributed by atoms with E-state index in [0.29, 0.717) is 0 Å². The minimum atomic E-state index is 0.933. The number of methoxy groups -OCH3 is 1. The summed E-state index contributed by atoms with van der Waals surface area (Å²) in [5.41, 5.74) is 3.70. The smallest absolute Gasteiger partial charge is 0.128 e. The molecule has 2 heteroatoms. The van der Waals surface area contributed by atoms with Crippen LogP contribution >= 0.6 is 0 Å². The van der Waals surface area contributed by atoms with E-state index in [-0.39, 0.29) is 0 Å². The van der Waals surface area contributed by atoms with Gasteiger partial charge in [0.1, 0.15) is 5.75 Å². The van der Waals surface area contributed by atoms with E-state index in [1.54, 1.807) is 7.11 Å². The van der Waals surface area contributed by atoms with Crippen LogP contribution in [0.15, 0.2) is 36.4 Å². The van der Waals surface area contributed by atoms with Gasteiger partial charge in [0.25, 0.3) is 0 Å². The molecule has 0 aliphatic heterocycles. The van der Waals surface area contributed by atoms with Crippen LogP contribution in [0.5, 0.6) is 5.75 Å². The van der Waals surface area contributed by atoms with E-state index in [9.17, 15) is 0 Å². The second kappa shape index (κ2) is 5.09. The number of para-hydroxylation sites is 1. The van der Waals surface area contributed by atoms with Crippen LogP contribution in [-0.2, 0) is 6.54 Å². The van der Waals surface area contributed by atoms with Gasteiger partial charge in [-0.3, -0.25) is 0 Å². The Morgan fingerprint density at radius 2 is 1.88 bits per heavy atom. The van der Waals surface area contributed by atoms with Crippen LogP contribution in [0, 0.1) is 6.92 Å². The van der Waals surface area contributed by atoms with Gasteiger partial charge in [-0.05, 0) is 37.6 Å². The first-order valence-electron chi connectivity index (χ1n) is 6.07. The molecule has 1 aromatic carbocycles. The van der Waals surface area contributed by atoms with Crippen LogP contribution in [0.25, 0.3) is 11.3 Å². The number of benzene rings is 1. The Morgan fingerprint density at radius 3 is 2.59 bits per heavy atom. The molecule has 1 heterocycles. The minimum absolute atomic E-state index is 0.933. The third-order valence-electron chi connectivity index (χ3n) is 3.03. The lowest BCUT2D eigenvalue weighted by molar-refractivity contribution is 0.416. The Hall–Kier alpha value is -1.70. The SMILES string of the molecule is CCCn1c(C)ccc1-c1ccccc1OC. The number of aryl methyl sites for hydroxylation is 1. The Labute approximate surface area is 103 Å². The molecule has 0 spiro atoms. The predicted octanol–water partition coefficient (Wildman–Crippen LogP) is 3.88. The quantitative estimate of drug-likeness (QED) is 0.776. The van der Waals surface area contributed by atoms with Crippen molar-refractivity contribution >= 4 is 0 Å². The molecule has 0 saturated heterocycles. The third kappa shape index (κ3) is 2.21. The molecule has 2 nitrogen and oxygen atoms in total. The van der Waals surface area contributed by atoms with Crippen LogP contribution in [0.1, 0.15) is 19.0 Å². The molecule has 1 aromatic heterocycles. The van der Waals surface area contributed by atoms with Crippen molar-refractivity contribution in [3.63, 3.8) is 0 Å². The molecule has 0 unspecified atom stereocenters. The lowest BCUT2D eigenvalue weighted by atomic mass is 10.1. The molecule has 0 aliphatic carbocycles. The van der Waals surface area contributed by atoms with Gasteiger partial charge in [0.15, 0.2) is 0 Å². The third-order valence-corrected chi connectivity index (χ3v) is 3.03. The molecule has 0 saturated carbocycles. The highest BCUT2D eigenvalue weighted by molar-refractivity contribution is 5.68. The van der Waals surface area contributed by atoms with Gasteiger partial charge in [0.2, 0.25) is 0 Å². The molecule has 90 valence electrons. The fourth-order valence-corrected chi connectivity index (χ4v) is 2.18. The van der Waals surface area contributed by atoms with Crippen LogP contribution in [-0.4, -0.2) is 11.7 Å². The highest BCUT2D eigenvalue weighted by Crippen LogP contribution is 2.31. The van der Waals surface area contributed by atoms with Crippen molar-refractivity contribution in [1.29, 1.82) is 0 Å². The summed E-state index contributed by atoms with van der Waals surface area (Å²) >= 11 is 0. The molecule has 0 atom stereocenters. The summed E-state index contributed by atoms with van der Waals surface area (Å²) in [5, 5.41) is 0. The summed E-state index contributed by atoms with van der Waals surface area (Å²) in [6.45, 7) is 5.40. The fraction of sp³-hybridized carbons (Fsp3) is 0.333. The van der Waals surface area contributed by atoms with Crippen molar-refractivity contribution in [2.24, 2.45) is 0 Å². The number of hydrogen-bond donors (Lipinski definition) is 0. The summed E-state index contributed by atoms with van der Waals surface area (Å²) in [5.74, 6) is 0.933. The first-order valence-corrected chi connectivity index (χ1v) is 6.07. The van der Waals surface area contributed by atoms with Gasteiger partial charge in [-0.15, -0.1) is 0 Å². The van der Waals surface area contributed by atoms with E-state index < -0.39 is 0 Å². The van der Waals surface area contributed by atoms with Crippen molar-refractivity contribution < 1.29 is 4.74 Å². The van der Waals surface area contributed by atoms with Crippen LogP contribution < -0.4 is 4.74 Å². The van der Waals surface area contributed by atoms with Crippen molar-refractivity contribution in [3.05, 3.63) is 42.1 Å². The highest BCUT2D eigenvalue weighted by atomic mass is 16.5. The van der Waals surface area contributed by atoms with Crippen LogP contribution in [0.2, 0.25) is 0 Å². The average molecular weight is 229 g/mol. The molecule has 0 radical (unpaired) electrons. The lowest BCUT2D eigenvalue weighted by Crippen LogP contribution is -2.01. The van der Waals surface area contributed by atoms with E-state index in [1.807, 2.05) is 12.1 Å². The number of ether oxygens (including phenoxy) is 1. The van der Waals surface area contributed by atoms with Crippen molar-refractivity contribution in [2.45, 2.75) is 26.8 Å². The summed E-state index contributed by atoms with van der Waals surface area (Å²) < 4.78 is 7.77. The molecule has 17 heavy (non-hydrogen) atoms. The highest BCUT2D eigenvalue weighted by Gasteiger charge is 2.10. The van der Waals surface area contributed by atoms with Crippen molar-refractivity contribution in [2.75, 3.05) is 7.11 Å². The number of hydrogen-bond acceptors (Lipinski definition) is 1. The summed E-state index contributed by atoms with van der Waals surface area (Å²) in [7, 11) is 1.72. The molecule has 0 amide bonds. The molecule has 0 N–H and O–H groups in total. The molecule has 0 aliphatic rings. The second-order valence-corrected chi connectivity index (χ2v) is 4.21. The summed E-state index contributed by atoms with van der Waals surface area (Å²) in [6, 6.07) is 12.5. The molecule has 0 bridgehead atoms. The normalized spacial score (nSPS) is 10.5. The van der Waals surface area contributed by atoms with Gasteiger partial charge < -0.3 is 9.30 Å². The second-order valence-electron chi connectivity index (χ2n) is 4.21. The molecule has 2 rings (SSSR count). The van der Waals surface area contributed by atoms with E-state index in [2.05, 4.69) is 42.7 Å². The zero-order chi connectivity index (χ0) is 12.3. The first kappa shape index (κ1) is 11.8. The molecule has 2 aromatic rings. The van der Waals surface area contributed by atoms with Gasteiger partial charge >= 0.3 is 0 Å². The Kier molecular flexibility index (Phi) is 3.52. The Morgan fingerprint density at radius 1 is 1.12 bits per heavy atom. The largest absolute Gasteiger partial charge is 0.496 e. The van der Waals surface area contributed by atoms with Crippen molar-refractivity contribution in [3.8, 4) is 17.0 Å². The number of rotatable bonds is 4. The van der Waals surface area contributed by atoms with Crippen molar-refractivity contribution in [1.82, 2.24) is 4.57 Å². The molecular formula is C15H19NO. The summed E-state index contributed by atoms with van der Waals surface area (Å²) in [6.07, 6.45) is 1.14. The average Bonchev–Trinajstić information content (AvgIpc) is 2.72. The van der Waals surface area contributed by atoms with Gasteiger partial charge in [-0.25, -0.2) is 0 Å². The number of nitrogens with zero attached hydrogens (tertiary/aromatic N) is 1. The lowest BCUT2D eigenvalue weighted by Gasteiger charge is -2.13. The fourth-order valence-electron chi connectivity index (χ4n) is 2.18. The standard InChI is InChI=1S/C15H19NO/c1-4-11-16-12(2)9-10-14(16)13-7-5-6-8-15(13)17-3/h5-10H,4,11H2,1-3H3. The number of aromatic nitrogens is 1. The topological polar surface area (TPSA) is 14.2 Å². The predicted molar refractivity (Wildman–Crippen MR) is 71.4 cm³/mol. The van der Waals surface area contributed by atoms with E-state index in [1.165, 1.54) is 11.4 Å². The van der Waals surface area contributed by atoms with E-state index in [4.69, 9.17) is 4.74 Å². The summed E-state index contributed by atoms with van der Waals surface area (Å²) in [4.78, 5) is 0. The maximum absolute atomic E-state index is 5.43. The van der Waals surface area contributed by atoms with E-state index >= 15 is 0 Å². The van der Waals surface area contributed by atoms with Gasteiger partial charge in [0, 0.05) is 17.8 Å². The Bertz CT molecular complexity index is 499. The zero-order valence-electron chi connectivity index (χ0n) is 10.7. The van der Waals surface area contributed by atoms with Gasteiger partial charge in [-0.2, -0.15) is 0 Å². The van der Waals surface area contributed by atoms with Crippen LogP contribution in [0.3, 0.4) is 0 Å². The maximum Gasteiger partial charge on any atom is 0.128 e. The molecular weight excluding hydrogens is 210 g/mol. The zero-order valence-corrected chi connectivity index (χ0v) is 10.7. The Balaban J connectivity index is 2.52. The van der Waals surface area contributed by atoms with E-state index in [0.717, 1.165) is 24.3 Å². The monoisotopic (exact) mass is 229 g/mol.